The monoisotopic (exact) mass is 454 g/mol. The van der Waals surface area contributed by atoms with Crippen LogP contribution in [0, 0.1) is 6.92 Å². The van der Waals surface area contributed by atoms with Crippen molar-refractivity contribution in [2.45, 2.75) is 27.0 Å². The molecule has 3 aromatic rings. The Balaban J connectivity index is 1.83. The van der Waals surface area contributed by atoms with Crippen molar-refractivity contribution in [3.05, 3.63) is 87.5 Å². The van der Waals surface area contributed by atoms with E-state index in [-0.39, 0.29) is 5.56 Å². The Kier molecular flexibility index (Phi) is 6.88. The van der Waals surface area contributed by atoms with E-state index in [0.29, 0.717) is 13.2 Å². The van der Waals surface area contributed by atoms with Crippen LogP contribution in [0.15, 0.2) is 65.3 Å². The zero-order valence-corrected chi connectivity index (χ0v) is 18.0. The van der Waals surface area contributed by atoms with Gasteiger partial charge in [-0.25, -0.2) is 9.78 Å². The molecule has 0 unspecified atom stereocenters. The summed E-state index contributed by atoms with van der Waals surface area (Å²) in [5.41, 5.74) is 3.15. The topological polar surface area (TPSA) is 62.7 Å². The summed E-state index contributed by atoms with van der Waals surface area (Å²) in [6.45, 7) is 5.75. The Morgan fingerprint density at radius 2 is 1.93 bits per heavy atom. The van der Waals surface area contributed by atoms with Crippen LogP contribution in [0.4, 0.5) is 5.82 Å². The molecule has 0 aliphatic heterocycles. The van der Waals surface area contributed by atoms with Crippen LogP contribution in [0.25, 0.3) is 0 Å². The third-order valence-electron chi connectivity index (χ3n) is 4.60. The molecule has 0 aliphatic rings. The molecule has 5 nitrogen and oxygen atoms in total. The number of anilines is 1. The molecule has 2 aromatic carbocycles. The first-order valence-corrected chi connectivity index (χ1v) is 10.2. The molecular weight excluding hydrogens is 432 g/mol. The van der Waals surface area contributed by atoms with Gasteiger partial charge in [0.05, 0.1) is 5.56 Å². The fourth-order valence-electron chi connectivity index (χ4n) is 3.11. The van der Waals surface area contributed by atoms with Gasteiger partial charge in [-0.15, -0.1) is 0 Å². The SMILES string of the molecule is CCN(Cc1cc(Br)ccc1OCc1ccccc1)c1ncc(C(=O)O)cc1C. The molecule has 0 aliphatic carbocycles. The highest BCUT2D eigenvalue weighted by molar-refractivity contribution is 9.10. The Morgan fingerprint density at radius 3 is 2.59 bits per heavy atom. The molecule has 0 atom stereocenters. The number of aromatic nitrogens is 1. The molecule has 1 aromatic heterocycles. The summed E-state index contributed by atoms with van der Waals surface area (Å²) in [6, 6.07) is 17.7. The Morgan fingerprint density at radius 1 is 1.17 bits per heavy atom. The van der Waals surface area contributed by atoms with Gasteiger partial charge in [-0.3, -0.25) is 0 Å². The normalized spacial score (nSPS) is 10.6. The molecule has 0 saturated carbocycles. The van der Waals surface area contributed by atoms with E-state index in [1.54, 1.807) is 6.07 Å². The summed E-state index contributed by atoms with van der Waals surface area (Å²) in [6.07, 6.45) is 1.40. The van der Waals surface area contributed by atoms with Gasteiger partial charge in [-0.2, -0.15) is 0 Å². The maximum absolute atomic E-state index is 11.2. The van der Waals surface area contributed by atoms with Crippen molar-refractivity contribution in [2.24, 2.45) is 0 Å². The van der Waals surface area contributed by atoms with E-state index in [1.165, 1.54) is 6.20 Å². The van der Waals surface area contributed by atoms with Gasteiger partial charge in [0.2, 0.25) is 0 Å². The summed E-state index contributed by atoms with van der Waals surface area (Å²) in [5.74, 6) is 0.612. The first-order chi connectivity index (χ1) is 14.0. The molecule has 1 heterocycles. The fourth-order valence-corrected chi connectivity index (χ4v) is 3.51. The molecular formula is C23H23BrN2O3. The summed E-state index contributed by atoms with van der Waals surface area (Å²) in [7, 11) is 0. The third-order valence-corrected chi connectivity index (χ3v) is 5.09. The number of pyridine rings is 1. The lowest BCUT2D eigenvalue weighted by Crippen LogP contribution is -2.24. The van der Waals surface area contributed by atoms with Crippen LogP contribution in [-0.2, 0) is 13.2 Å². The number of aromatic carboxylic acids is 1. The van der Waals surface area contributed by atoms with Gasteiger partial charge in [0.15, 0.2) is 0 Å². The van der Waals surface area contributed by atoms with Gasteiger partial charge >= 0.3 is 5.97 Å². The Bertz CT molecular complexity index is 993. The molecule has 3 rings (SSSR count). The minimum Gasteiger partial charge on any atom is -0.489 e. The molecule has 0 fully saturated rings. The number of nitrogens with zero attached hydrogens (tertiary/aromatic N) is 2. The predicted molar refractivity (Wildman–Crippen MR) is 118 cm³/mol. The van der Waals surface area contributed by atoms with E-state index in [9.17, 15) is 9.90 Å². The van der Waals surface area contributed by atoms with E-state index >= 15 is 0 Å². The lowest BCUT2D eigenvalue weighted by molar-refractivity contribution is 0.0696. The fraction of sp³-hybridized carbons (Fsp3) is 0.217. The number of aryl methyl sites for hydroxylation is 1. The Hall–Kier alpha value is -2.86. The summed E-state index contributed by atoms with van der Waals surface area (Å²) in [4.78, 5) is 17.7. The van der Waals surface area contributed by atoms with Crippen LogP contribution >= 0.6 is 15.9 Å². The largest absolute Gasteiger partial charge is 0.489 e. The van der Waals surface area contributed by atoms with Gasteiger partial charge in [0.1, 0.15) is 18.2 Å². The minimum atomic E-state index is -0.973. The second kappa shape index (κ2) is 9.56. The number of benzene rings is 2. The molecule has 0 bridgehead atoms. The molecule has 6 heteroatoms. The standard InChI is InChI=1S/C23H23BrN2O3/c1-3-26(22-16(2)11-18(13-25-22)23(27)28)14-19-12-20(24)9-10-21(19)29-15-17-7-5-4-6-8-17/h4-13H,3,14-15H2,1-2H3,(H,27,28). The zero-order chi connectivity index (χ0) is 20.8. The summed E-state index contributed by atoms with van der Waals surface area (Å²) < 4.78 is 7.07. The summed E-state index contributed by atoms with van der Waals surface area (Å²) >= 11 is 3.55. The van der Waals surface area contributed by atoms with Crippen molar-refractivity contribution >= 4 is 27.7 Å². The lowest BCUT2D eigenvalue weighted by Gasteiger charge is -2.25. The lowest BCUT2D eigenvalue weighted by atomic mass is 10.1. The average molecular weight is 455 g/mol. The summed E-state index contributed by atoms with van der Waals surface area (Å²) in [5, 5.41) is 9.18. The second-order valence-electron chi connectivity index (χ2n) is 6.71. The highest BCUT2D eigenvalue weighted by Gasteiger charge is 2.15. The van der Waals surface area contributed by atoms with Crippen molar-refractivity contribution in [3.63, 3.8) is 0 Å². The van der Waals surface area contributed by atoms with E-state index in [0.717, 1.165) is 39.3 Å². The molecule has 150 valence electrons. The van der Waals surface area contributed by atoms with Crippen molar-refractivity contribution < 1.29 is 14.6 Å². The molecule has 29 heavy (non-hydrogen) atoms. The van der Waals surface area contributed by atoms with Crippen molar-refractivity contribution in [2.75, 3.05) is 11.4 Å². The molecule has 0 saturated heterocycles. The molecule has 0 spiro atoms. The maximum atomic E-state index is 11.2. The number of ether oxygens (including phenoxy) is 1. The van der Waals surface area contributed by atoms with Gasteiger partial charge < -0.3 is 14.7 Å². The number of carboxylic acid groups (broad SMARTS) is 1. The average Bonchev–Trinajstić information content (AvgIpc) is 2.72. The van der Waals surface area contributed by atoms with Crippen LogP contribution in [0.5, 0.6) is 5.75 Å². The van der Waals surface area contributed by atoms with Gasteiger partial charge in [-0.1, -0.05) is 46.3 Å². The highest BCUT2D eigenvalue weighted by Crippen LogP contribution is 2.28. The number of carbonyl (C=O) groups is 1. The van der Waals surface area contributed by atoms with E-state index in [4.69, 9.17) is 4.74 Å². The van der Waals surface area contributed by atoms with Crippen LogP contribution in [-0.4, -0.2) is 22.6 Å². The first-order valence-electron chi connectivity index (χ1n) is 9.38. The second-order valence-corrected chi connectivity index (χ2v) is 7.63. The van der Waals surface area contributed by atoms with Crippen LogP contribution in [0.1, 0.15) is 34.0 Å². The molecule has 0 amide bonds. The Labute approximate surface area is 179 Å². The van der Waals surface area contributed by atoms with E-state index < -0.39 is 5.97 Å². The molecule has 1 N–H and O–H groups in total. The van der Waals surface area contributed by atoms with Crippen LogP contribution < -0.4 is 9.64 Å². The van der Waals surface area contributed by atoms with Crippen molar-refractivity contribution in [3.8, 4) is 5.75 Å². The van der Waals surface area contributed by atoms with Gasteiger partial charge in [-0.05, 0) is 49.2 Å². The third kappa shape index (κ3) is 5.35. The van der Waals surface area contributed by atoms with Crippen LogP contribution in [0.2, 0.25) is 0 Å². The number of hydrogen-bond acceptors (Lipinski definition) is 4. The van der Waals surface area contributed by atoms with Gasteiger partial charge in [0, 0.05) is 29.3 Å². The van der Waals surface area contributed by atoms with E-state index in [1.807, 2.05) is 55.5 Å². The zero-order valence-electron chi connectivity index (χ0n) is 16.4. The van der Waals surface area contributed by atoms with Crippen LogP contribution in [0.3, 0.4) is 0 Å². The first kappa shape index (κ1) is 20.9. The highest BCUT2D eigenvalue weighted by atomic mass is 79.9. The van der Waals surface area contributed by atoms with Crippen molar-refractivity contribution in [1.82, 2.24) is 4.98 Å². The quantitative estimate of drug-likeness (QED) is 0.489. The number of halogens is 1. The number of carboxylic acids is 1. The van der Waals surface area contributed by atoms with Gasteiger partial charge in [0.25, 0.3) is 0 Å². The van der Waals surface area contributed by atoms with Crippen molar-refractivity contribution in [1.29, 1.82) is 0 Å². The number of rotatable bonds is 8. The number of hydrogen-bond donors (Lipinski definition) is 1. The minimum absolute atomic E-state index is 0.191. The van der Waals surface area contributed by atoms with E-state index in [2.05, 4.69) is 32.7 Å². The molecule has 0 radical (unpaired) electrons. The predicted octanol–water partition coefficient (Wildman–Crippen LogP) is 5.46. The smallest absolute Gasteiger partial charge is 0.337 e. The maximum Gasteiger partial charge on any atom is 0.337 e.